The largest absolute Gasteiger partial charge is 0.469 e. The maximum absolute atomic E-state index is 11.9. The van der Waals surface area contributed by atoms with E-state index in [1.54, 1.807) is 31.2 Å². The van der Waals surface area contributed by atoms with Gasteiger partial charge in [0, 0.05) is 25.4 Å². The normalized spacial score (nSPS) is 11.9. The van der Waals surface area contributed by atoms with Crippen molar-refractivity contribution in [3.8, 4) is 0 Å². The topological polar surface area (TPSA) is 85.2 Å². The van der Waals surface area contributed by atoms with Crippen LogP contribution in [0.15, 0.2) is 12.4 Å². The van der Waals surface area contributed by atoms with Gasteiger partial charge in [0.15, 0.2) is 0 Å². The van der Waals surface area contributed by atoms with Crippen molar-refractivity contribution in [3.63, 3.8) is 0 Å². The lowest BCUT2D eigenvalue weighted by Crippen LogP contribution is -2.36. The zero-order valence-electron chi connectivity index (χ0n) is 10.8. The fraction of sp³-hybridized carbons (Fsp3) is 0.545. The van der Waals surface area contributed by atoms with Gasteiger partial charge in [-0.3, -0.25) is 14.3 Å². The average Bonchev–Trinajstić information content (AvgIpc) is 2.76. The Morgan fingerprint density at radius 3 is 2.78 bits per heavy atom. The summed E-state index contributed by atoms with van der Waals surface area (Å²) >= 11 is 0. The number of aromatic nitrogens is 2. The highest BCUT2D eigenvalue weighted by Crippen LogP contribution is 2.10. The molecule has 1 amide bonds. The van der Waals surface area contributed by atoms with Crippen LogP contribution in [0.1, 0.15) is 18.0 Å². The average molecular weight is 254 g/mol. The molecule has 18 heavy (non-hydrogen) atoms. The van der Waals surface area contributed by atoms with Gasteiger partial charge in [0.2, 0.25) is 5.91 Å². The number of amides is 1. The van der Waals surface area contributed by atoms with Crippen molar-refractivity contribution in [1.29, 1.82) is 0 Å². The summed E-state index contributed by atoms with van der Waals surface area (Å²) in [6.07, 6.45) is 3.55. The van der Waals surface area contributed by atoms with Gasteiger partial charge < -0.3 is 15.4 Å². The number of carbonyl (C=O) groups excluding carboxylic acids is 2. The maximum atomic E-state index is 11.9. The molecule has 0 aliphatic heterocycles. The maximum Gasteiger partial charge on any atom is 0.307 e. The van der Waals surface area contributed by atoms with Gasteiger partial charge in [0.05, 0.1) is 19.7 Å². The van der Waals surface area contributed by atoms with Crippen molar-refractivity contribution in [2.75, 3.05) is 20.7 Å². The Bertz CT molecular complexity index is 416. The van der Waals surface area contributed by atoms with Gasteiger partial charge in [0.1, 0.15) is 6.04 Å². The minimum atomic E-state index is -0.476. The Morgan fingerprint density at radius 2 is 2.28 bits per heavy atom. The first-order valence-corrected chi connectivity index (χ1v) is 5.58. The molecule has 1 atom stereocenters. The first kappa shape index (κ1) is 14.2. The molecule has 7 nitrogen and oxygen atoms in total. The first-order chi connectivity index (χ1) is 8.58. The number of esters is 1. The molecule has 1 rings (SSSR count). The second kappa shape index (κ2) is 6.75. The quantitative estimate of drug-likeness (QED) is 0.660. The molecule has 0 aliphatic rings. The van der Waals surface area contributed by atoms with Crippen molar-refractivity contribution < 1.29 is 14.3 Å². The summed E-state index contributed by atoms with van der Waals surface area (Å²) in [6.45, 7) is 0.254. The summed E-state index contributed by atoms with van der Waals surface area (Å²) in [4.78, 5) is 22.8. The lowest BCUT2D eigenvalue weighted by Gasteiger charge is -2.14. The number of nitrogens with one attached hydrogen (secondary N) is 2. The molecule has 0 saturated carbocycles. The SMILES string of the molecule is CNC(C(=O)NCCC(=O)OC)c1cnn(C)c1. The number of methoxy groups -OCH3 is 1. The summed E-state index contributed by atoms with van der Waals surface area (Å²) in [5.41, 5.74) is 0.774. The van der Waals surface area contributed by atoms with Crippen LogP contribution in [0.5, 0.6) is 0 Å². The van der Waals surface area contributed by atoms with Crippen molar-refractivity contribution in [3.05, 3.63) is 18.0 Å². The van der Waals surface area contributed by atoms with Gasteiger partial charge in [-0.25, -0.2) is 0 Å². The minimum Gasteiger partial charge on any atom is -0.469 e. The Kier molecular flexibility index (Phi) is 5.31. The Labute approximate surface area is 105 Å². The highest BCUT2D eigenvalue weighted by Gasteiger charge is 2.19. The summed E-state index contributed by atoms with van der Waals surface area (Å²) in [6, 6.07) is -0.476. The molecule has 0 saturated heterocycles. The summed E-state index contributed by atoms with van der Waals surface area (Å²) in [5, 5.41) is 9.58. The smallest absolute Gasteiger partial charge is 0.307 e. The third-order valence-corrected chi connectivity index (χ3v) is 2.47. The van der Waals surface area contributed by atoms with Crippen LogP contribution in [0.4, 0.5) is 0 Å². The van der Waals surface area contributed by atoms with Gasteiger partial charge in [0.25, 0.3) is 0 Å². The molecule has 0 radical (unpaired) electrons. The van der Waals surface area contributed by atoms with Crippen molar-refractivity contribution in [1.82, 2.24) is 20.4 Å². The van der Waals surface area contributed by atoms with Crippen LogP contribution < -0.4 is 10.6 Å². The van der Waals surface area contributed by atoms with E-state index in [-0.39, 0.29) is 24.8 Å². The van der Waals surface area contributed by atoms with Crippen molar-refractivity contribution >= 4 is 11.9 Å². The first-order valence-electron chi connectivity index (χ1n) is 5.58. The van der Waals surface area contributed by atoms with Crippen molar-refractivity contribution in [2.45, 2.75) is 12.5 Å². The van der Waals surface area contributed by atoms with Gasteiger partial charge >= 0.3 is 5.97 Å². The third kappa shape index (κ3) is 3.85. The van der Waals surface area contributed by atoms with E-state index in [0.29, 0.717) is 0 Å². The Hall–Kier alpha value is -1.89. The summed E-state index contributed by atoms with van der Waals surface area (Å²) < 4.78 is 6.11. The van der Waals surface area contributed by atoms with E-state index in [1.165, 1.54) is 7.11 Å². The number of carbonyl (C=O) groups is 2. The molecule has 0 fully saturated rings. The molecule has 7 heteroatoms. The van der Waals surface area contributed by atoms with Crippen LogP contribution in [-0.4, -0.2) is 42.4 Å². The highest BCUT2D eigenvalue weighted by atomic mass is 16.5. The second-order valence-corrected chi connectivity index (χ2v) is 3.79. The molecule has 1 aromatic rings. The third-order valence-electron chi connectivity index (χ3n) is 2.47. The number of ether oxygens (including phenoxy) is 1. The van der Waals surface area contributed by atoms with Crippen LogP contribution >= 0.6 is 0 Å². The molecule has 100 valence electrons. The molecule has 1 aromatic heterocycles. The molecule has 0 bridgehead atoms. The van der Waals surface area contributed by atoms with Crippen LogP contribution in [0, 0.1) is 0 Å². The Balaban J connectivity index is 2.50. The number of nitrogens with zero attached hydrogens (tertiary/aromatic N) is 2. The molecular weight excluding hydrogens is 236 g/mol. The van der Waals surface area contributed by atoms with Gasteiger partial charge in [-0.15, -0.1) is 0 Å². The fourth-order valence-corrected chi connectivity index (χ4v) is 1.53. The molecule has 0 aromatic carbocycles. The predicted octanol–water partition coefficient (Wildman–Crippen LogP) is -0.640. The van der Waals surface area contributed by atoms with Crippen LogP contribution in [-0.2, 0) is 21.4 Å². The lowest BCUT2D eigenvalue weighted by atomic mass is 10.1. The number of aryl methyl sites for hydroxylation is 1. The van der Waals surface area contributed by atoms with E-state index < -0.39 is 6.04 Å². The van der Waals surface area contributed by atoms with Crippen molar-refractivity contribution in [2.24, 2.45) is 7.05 Å². The second-order valence-electron chi connectivity index (χ2n) is 3.79. The van der Waals surface area contributed by atoms with Gasteiger partial charge in [-0.2, -0.15) is 5.10 Å². The number of rotatable bonds is 6. The van der Waals surface area contributed by atoms with Crippen LogP contribution in [0.3, 0.4) is 0 Å². The minimum absolute atomic E-state index is 0.158. The van der Waals surface area contributed by atoms with E-state index in [0.717, 1.165) is 5.56 Å². The molecule has 1 unspecified atom stereocenters. The van der Waals surface area contributed by atoms with Crippen LogP contribution in [0.2, 0.25) is 0 Å². The standard InChI is InChI=1S/C11H18N4O3/c1-12-10(8-6-14-15(2)7-8)11(17)13-5-4-9(16)18-3/h6-7,10,12H,4-5H2,1-3H3,(H,13,17). The molecule has 1 heterocycles. The van der Waals surface area contributed by atoms with E-state index in [1.807, 2.05) is 0 Å². The monoisotopic (exact) mass is 254 g/mol. The van der Waals surface area contributed by atoms with Gasteiger partial charge in [-0.05, 0) is 7.05 Å². The number of likely N-dealkylation sites (N-methyl/N-ethyl adjacent to an activating group) is 1. The zero-order valence-corrected chi connectivity index (χ0v) is 10.8. The van der Waals surface area contributed by atoms with E-state index in [9.17, 15) is 9.59 Å². The number of hydrogen-bond acceptors (Lipinski definition) is 5. The Morgan fingerprint density at radius 1 is 1.56 bits per heavy atom. The molecular formula is C11H18N4O3. The lowest BCUT2D eigenvalue weighted by molar-refractivity contribution is -0.140. The summed E-state index contributed by atoms with van der Waals surface area (Å²) in [5.74, 6) is -0.549. The fourth-order valence-electron chi connectivity index (χ4n) is 1.53. The predicted molar refractivity (Wildman–Crippen MR) is 64.7 cm³/mol. The molecule has 0 spiro atoms. The zero-order chi connectivity index (χ0) is 13.5. The van der Waals surface area contributed by atoms with Gasteiger partial charge in [-0.1, -0.05) is 0 Å². The molecule has 0 aliphatic carbocycles. The van der Waals surface area contributed by atoms with Crippen LogP contribution in [0.25, 0.3) is 0 Å². The molecule has 2 N–H and O–H groups in total. The summed E-state index contributed by atoms with van der Waals surface area (Å²) in [7, 11) is 4.79. The van der Waals surface area contributed by atoms with E-state index >= 15 is 0 Å². The highest BCUT2D eigenvalue weighted by molar-refractivity contribution is 5.83. The van der Waals surface area contributed by atoms with E-state index in [4.69, 9.17) is 0 Å². The van der Waals surface area contributed by atoms with E-state index in [2.05, 4.69) is 20.5 Å². The number of hydrogen-bond donors (Lipinski definition) is 2.